The Bertz CT molecular complexity index is 418. The van der Waals surface area contributed by atoms with Gasteiger partial charge in [-0.1, -0.05) is 0 Å². The molecule has 1 aromatic heterocycles. The van der Waals surface area contributed by atoms with Crippen LogP contribution in [0.25, 0.3) is 0 Å². The van der Waals surface area contributed by atoms with Crippen LogP contribution in [-0.4, -0.2) is 61.3 Å². The van der Waals surface area contributed by atoms with Crippen molar-refractivity contribution < 1.29 is 4.74 Å². The van der Waals surface area contributed by atoms with Crippen molar-refractivity contribution in [3.8, 4) is 0 Å². The monoisotopic (exact) mass is 279 g/mol. The quantitative estimate of drug-likeness (QED) is 0.785. The normalized spacial score (nSPS) is 18.5. The molecule has 0 radical (unpaired) electrons. The smallest absolute Gasteiger partial charge is 0.224 e. The van der Waals surface area contributed by atoms with Gasteiger partial charge in [0.15, 0.2) is 0 Å². The van der Waals surface area contributed by atoms with Gasteiger partial charge in [-0.15, -0.1) is 0 Å². The Hall–Kier alpha value is -1.40. The number of hydrogen-bond donors (Lipinski definition) is 2. The summed E-state index contributed by atoms with van der Waals surface area (Å²) in [6.07, 6.45) is 2.56. The molecule has 20 heavy (non-hydrogen) atoms. The van der Waals surface area contributed by atoms with E-state index in [1.165, 1.54) is 0 Å². The molecule has 112 valence electrons. The zero-order valence-corrected chi connectivity index (χ0v) is 12.6. The lowest BCUT2D eigenvalue weighted by molar-refractivity contribution is 0.120. The molecule has 0 aliphatic carbocycles. The molecule has 1 atom stereocenters. The van der Waals surface area contributed by atoms with Crippen LogP contribution in [0.5, 0.6) is 0 Å². The van der Waals surface area contributed by atoms with Crippen LogP contribution < -0.4 is 10.6 Å². The highest BCUT2D eigenvalue weighted by Crippen LogP contribution is 2.14. The van der Waals surface area contributed by atoms with Crippen LogP contribution in [0.4, 0.5) is 11.8 Å². The summed E-state index contributed by atoms with van der Waals surface area (Å²) in [5.74, 6) is 1.54. The van der Waals surface area contributed by atoms with E-state index in [-0.39, 0.29) is 0 Å². The van der Waals surface area contributed by atoms with E-state index in [4.69, 9.17) is 4.74 Å². The fraction of sp³-hybridized carbons (Fsp3) is 0.714. The Kier molecular flexibility index (Phi) is 5.55. The van der Waals surface area contributed by atoms with Crippen LogP contribution in [-0.2, 0) is 4.74 Å². The van der Waals surface area contributed by atoms with E-state index in [2.05, 4.69) is 39.6 Å². The van der Waals surface area contributed by atoms with Crippen LogP contribution in [0.2, 0.25) is 0 Å². The number of anilines is 2. The highest BCUT2D eigenvalue weighted by Gasteiger charge is 2.15. The van der Waals surface area contributed by atoms with Crippen molar-refractivity contribution in [1.82, 2.24) is 14.9 Å². The first kappa shape index (κ1) is 15.0. The van der Waals surface area contributed by atoms with Crippen LogP contribution >= 0.6 is 0 Å². The van der Waals surface area contributed by atoms with E-state index in [0.717, 1.165) is 50.6 Å². The maximum Gasteiger partial charge on any atom is 0.224 e. The molecule has 2 heterocycles. The number of nitrogens with zero attached hydrogens (tertiary/aromatic N) is 3. The summed E-state index contributed by atoms with van der Waals surface area (Å²) < 4.78 is 5.59. The largest absolute Gasteiger partial charge is 0.376 e. The first-order valence-electron chi connectivity index (χ1n) is 7.23. The van der Waals surface area contributed by atoms with E-state index < -0.39 is 0 Å². The molecule has 1 unspecified atom stereocenters. The van der Waals surface area contributed by atoms with Gasteiger partial charge in [0.2, 0.25) is 5.95 Å². The number of hydrogen-bond acceptors (Lipinski definition) is 6. The summed E-state index contributed by atoms with van der Waals surface area (Å²) >= 11 is 0. The fourth-order valence-electron chi connectivity index (χ4n) is 2.16. The molecular formula is C14H25N5O. The molecule has 1 aliphatic heterocycles. The average Bonchev–Trinajstić information content (AvgIpc) is 2.88. The standard InChI is InChI=1S/C14H25N5O/c1-11-9-13(15-6-7-19(2)3)18-14(17-11)16-10-12-5-4-8-20-12/h9,12H,4-8,10H2,1-3H3,(H2,15,16,17,18). The second-order valence-electron chi connectivity index (χ2n) is 5.46. The number of likely N-dealkylation sites (N-methyl/N-ethyl adjacent to an activating group) is 1. The summed E-state index contributed by atoms with van der Waals surface area (Å²) in [7, 11) is 4.11. The average molecular weight is 279 g/mol. The highest BCUT2D eigenvalue weighted by molar-refractivity contribution is 5.42. The lowest BCUT2D eigenvalue weighted by atomic mass is 10.2. The number of nitrogens with one attached hydrogen (secondary N) is 2. The van der Waals surface area contributed by atoms with Crippen molar-refractivity contribution in [2.24, 2.45) is 0 Å². The minimum Gasteiger partial charge on any atom is -0.376 e. The first-order chi connectivity index (χ1) is 9.63. The fourth-order valence-corrected chi connectivity index (χ4v) is 2.16. The van der Waals surface area contributed by atoms with E-state index in [1.807, 2.05) is 13.0 Å². The molecule has 0 saturated carbocycles. The lowest BCUT2D eigenvalue weighted by Crippen LogP contribution is -2.22. The predicted molar refractivity (Wildman–Crippen MR) is 81.3 cm³/mol. The molecule has 1 saturated heterocycles. The van der Waals surface area contributed by atoms with Crippen LogP contribution in [0.3, 0.4) is 0 Å². The summed E-state index contributed by atoms with van der Waals surface area (Å²) in [6.45, 7) is 5.48. The van der Waals surface area contributed by atoms with E-state index in [0.29, 0.717) is 12.1 Å². The molecule has 0 spiro atoms. The summed E-state index contributed by atoms with van der Waals surface area (Å²) in [5.41, 5.74) is 0.960. The van der Waals surface area contributed by atoms with Gasteiger partial charge in [-0.05, 0) is 33.9 Å². The van der Waals surface area contributed by atoms with Gasteiger partial charge in [-0.25, -0.2) is 4.98 Å². The minimum absolute atomic E-state index is 0.296. The van der Waals surface area contributed by atoms with Gasteiger partial charge in [0, 0.05) is 38.0 Å². The number of rotatable bonds is 7. The molecule has 6 heteroatoms. The van der Waals surface area contributed by atoms with Gasteiger partial charge in [0.25, 0.3) is 0 Å². The molecule has 0 aromatic carbocycles. The predicted octanol–water partition coefficient (Wildman–Crippen LogP) is 1.35. The van der Waals surface area contributed by atoms with E-state index in [1.54, 1.807) is 0 Å². The second-order valence-corrected chi connectivity index (χ2v) is 5.46. The molecule has 2 N–H and O–H groups in total. The molecular weight excluding hydrogens is 254 g/mol. The number of ether oxygens (including phenoxy) is 1. The lowest BCUT2D eigenvalue weighted by Gasteiger charge is -2.14. The van der Waals surface area contributed by atoms with Gasteiger partial charge in [0.1, 0.15) is 5.82 Å². The molecule has 0 bridgehead atoms. The third kappa shape index (κ3) is 4.94. The van der Waals surface area contributed by atoms with Gasteiger partial charge in [-0.2, -0.15) is 4.98 Å². The zero-order chi connectivity index (χ0) is 14.4. The molecule has 6 nitrogen and oxygen atoms in total. The molecule has 0 amide bonds. The Balaban J connectivity index is 1.86. The Morgan fingerprint density at radius 2 is 2.20 bits per heavy atom. The highest BCUT2D eigenvalue weighted by atomic mass is 16.5. The Morgan fingerprint density at radius 1 is 1.35 bits per heavy atom. The van der Waals surface area contributed by atoms with Crippen LogP contribution in [0.15, 0.2) is 6.07 Å². The maximum atomic E-state index is 5.59. The first-order valence-corrected chi connectivity index (χ1v) is 7.23. The Morgan fingerprint density at radius 3 is 2.90 bits per heavy atom. The second kappa shape index (κ2) is 7.40. The SMILES string of the molecule is Cc1cc(NCCN(C)C)nc(NCC2CCCO2)n1. The van der Waals surface area contributed by atoms with Crippen molar-refractivity contribution in [2.75, 3.05) is 51.0 Å². The van der Waals surface area contributed by atoms with Gasteiger partial charge in [0.05, 0.1) is 6.10 Å². The molecule has 1 aliphatic rings. The molecule has 1 aromatic rings. The van der Waals surface area contributed by atoms with Crippen molar-refractivity contribution in [3.05, 3.63) is 11.8 Å². The number of aromatic nitrogens is 2. The summed E-state index contributed by atoms with van der Waals surface area (Å²) in [5, 5.41) is 6.59. The van der Waals surface area contributed by atoms with Crippen molar-refractivity contribution in [1.29, 1.82) is 0 Å². The van der Waals surface area contributed by atoms with Crippen molar-refractivity contribution in [2.45, 2.75) is 25.9 Å². The Labute approximate surface area is 120 Å². The van der Waals surface area contributed by atoms with Crippen LogP contribution in [0.1, 0.15) is 18.5 Å². The molecule has 2 rings (SSSR count). The van der Waals surface area contributed by atoms with Gasteiger partial charge < -0.3 is 20.3 Å². The number of aryl methyl sites for hydroxylation is 1. The van der Waals surface area contributed by atoms with Crippen molar-refractivity contribution >= 4 is 11.8 Å². The van der Waals surface area contributed by atoms with Gasteiger partial charge >= 0.3 is 0 Å². The third-order valence-electron chi connectivity index (χ3n) is 3.23. The molecule has 1 fully saturated rings. The third-order valence-corrected chi connectivity index (χ3v) is 3.23. The maximum absolute atomic E-state index is 5.59. The van der Waals surface area contributed by atoms with E-state index >= 15 is 0 Å². The minimum atomic E-state index is 0.296. The summed E-state index contributed by atoms with van der Waals surface area (Å²) in [6, 6.07) is 1.97. The van der Waals surface area contributed by atoms with Crippen LogP contribution in [0, 0.1) is 6.92 Å². The summed E-state index contributed by atoms with van der Waals surface area (Å²) in [4.78, 5) is 11.0. The van der Waals surface area contributed by atoms with Crippen molar-refractivity contribution in [3.63, 3.8) is 0 Å². The van der Waals surface area contributed by atoms with E-state index in [9.17, 15) is 0 Å². The zero-order valence-electron chi connectivity index (χ0n) is 12.6. The topological polar surface area (TPSA) is 62.3 Å². The van der Waals surface area contributed by atoms with Gasteiger partial charge in [-0.3, -0.25) is 0 Å².